The number of amides is 1. The molecule has 0 saturated heterocycles. The summed E-state index contributed by atoms with van der Waals surface area (Å²) in [6.45, 7) is 0.0379. The van der Waals surface area contributed by atoms with Crippen LogP contribution in [0, 0.1) is 11.6 Å². The van der Waals surface area contributed by atoms with Crippen LogP contribution < -0.4 is 0 Å². The molecule has 0 aliphatic carbocycles. The van der Waals surface area contributed by atoms with Gasteiger partial charge in [0.2, 0.25) is 0 Å². The molecule has 2 nitrogen and oxygen atoms in total. The summed E-state index contributed by atoms with van der Waals surface area (Å²) in [5.74, 6) is -1.69. The number of carbonyl (C=O) groups is 1. The SMILES string of the molecule is CN(Cc1ccccc1F)C(=O)c1c(F)cccc1Cl. The van der Waals surface area contributed by atoms with Crippen LogP contribution >= 0.6 is 11.6 Å². The summed E-state index contributed by atoms with van der Waals surface area (Å²) in [5.41, 5.74) is 0.156. The molecule has 2 aromatic rings. The molecule has 5 heteroatoms. The van der Waals surface area contributed by atoms with Crippen molar-refractivity contribution in [2.24, 2.45) is 0 Å². The van der Waals surface area contributed by atoms with Crippen LogP contribution in [0.1, 0.15) is 15.9 Å². The van der Waals surface area contributed by atoms with Crippen molar-refractivity contribution < 1.29 is 13.6 Å². The van der Waals surface area contributed by atoms with Gasteiger partial charge in [0.15, 0.2) is 0 Å². The average molecular weight is 296 g/mol. The van der Waals surface area contributed by atoms with Gasteiger partial charge in [-0.3, -0.25) is 4.79 Å². The Kier molecular flexibility index (Phi) is 4.35. The summed E-state index contributed by atoms with van der Waals surface area (Å²) >= 11 is 5.84. The van der Waals surface area contributed by atoms with Crippen molar-refractivity contribution in [1.29, 1.82) is 0 Å². The quantitative estimate of drug-likeness (QED) is 0.841. The van der Waals surface area contributed by atoms with Crippen molar-refractivity contribution in [2.75, 3.05) is 7.05 Å². The summed E-state index contributed by atoms with van der Waals surface area (Å²) in [4.78, 5) is 13.4. The maximum absolute atomic E-state index is 13.7. The Morgan fingerprint density at radius 3 is 2.40 bits per heavy atom. The lowest BCUT2D eigenvalue weighted by Gasteiger charge is -2.18. The fourth-order valence-electron chi connectivity index (χ4n) is 1.85. The van der Waals surface area contributed by atoms with E-state index in [-0.39, 0.29) is 17.1 Å². The molecule has 1 amide bonds. The van der Waals surface area contributed by atoms with Gasteiger partial charge in [0, 0.05) is 19.2 Å². The molecule has 2 rings (SSSR count). The summed E-state index contributed by atoms with van der Waals surface area (Å²) in [5, 5.41) is 0.0374. The van der Waals surface area contributed by atoms with Gasteiger partial charge in [-0.05, 0) is 18.2 Å². The lowest BCUT2D eigenvalue weighted by Crippen LogP contribution is -2.27. The fraction of sp³-hybridized carbons (Fsp3) is 0.133. The van der Waals surface area contributed by atoms with Gasteiger partial charge < -0.3 is 4.90 Å². The van der Waals surface area contributed by atoms with Gasteiger partial charge in [0.1, 0.15) is 11.6 Å². The normalized spacial score (nSPS) is 10.4. The molecule has 20 heavy (non-hydrogen) atoms. The molecule has 0 saturated carbocycles. The Morgan fingerprint density at radius 2 is 1.75 bits per heavy atom. The first-order chi connectivity index (χ1) is 9.50. The highest BCUT2D eigenvalue weighted by atomic mass is 35.5. The third-order valence-corrected chi connectivity index (χ3v) is 3.20. The zero-order valence-electron chi connectivity index (χ0n) is 10.7. The summed E-state index contributed by atoms with van der Waals surface area (Å²) < 4.78 is 27.2. The zero-order valence-corrected chi connectivity index (χ0v) is 11.5. The Balaban J connectivity index is 2.24. The van der Waals surface area contributed by atoms with E-state index in [1.807, 2.05) is 0 Å². The van der Waals surface area contributed by atoms with Crippen LogP contribution in [0.2, 0.25) is 5.02 Å². The Bertz CT molecular complexity index is 625. The smallest absolute Gasteiger partial charge is 0.258 e. The molecule has 0 N–H and O–H groups in total. The molecule has 0 heterocycles. The standard InChI is InChI=1S/C15H12ClF2NO/c1-19(9-10-5-2-3-7-12(10)17)15(20)14-11(16)6-4-8-13(14)18/h2-8H,9H2,1H3. The zero-order chi connectivity index (χ0) is 14.7. The molecular formula is C15H12ClF2NO. The number of hydrogen-bond donors (Lipinski definition) is 0. The van der Waals surface area contributed by atoms with Crippen LogP contribution in [0.4, 0.5) is 8.78 Å². The van der Waals surface area contributed by atoms with Crippen molar-refractivity contribution >= 4 is 17.5 Å². The fourth-order valence-corrected chi connectivity index (χ4v) is 2.09. The van der Waals surface area contributed by atoms with Crippen molar-refractivity contribution in [1.82, 2.24) is 4.90 Å². The van der Waals surface area contributed by atoms with Gasteiger partial charge in [-0.25, -0.2) is 8.78 Å². The van der Waals surface area contributed by atoms with Crippen molar-refractivity contribution in [2.45, 2.75) is 6.54 Å². The predicted molar refractivity (Wildman–Crippen MR) is 73.6 cm³/mol. The van der Waals surface area contributed by atoms with Crippen LogP contribution in [0.25, 0.3) is 0 Å². The van der Waals surface area contributed by atoms with Gasteiger partial charge >= 0.3 is 0 Å². The number of halogens is 3. The largest absolute Gasteiger partial charge is 0.337 e. The minimum atomic E-state index is -0.692. The third-order valence-electron chi connectivity index (χ3n) is 2.89. The molecular weight excluding hydrogens is 284 g/mol. The van der Waals surface area contributed by atoms with Crippen molar-refractivity contribution in [3.05, 3.63) is 70.2 Å². The molecule has 0 spiro atoms. The van der Waals surface area contributed by atoms with E-state index in [4.69, 9.17) is 11.6 Å². The van der Waals surface area contributed by atoms with Gasteiger partial charge in [-0.2, -0.15) is 0 Å². The van der Waals surface area contributed by atoms with Gasteiger partial charge in [-0.1, -0.05) is 35.9 Å². The Hall–Kier alpha value is -1.94. The molecule has 0 aliphatic heterocycles. The van der Waals surface area contributed by atoms with E-state index in [0.29, 0.717) is 5.56 Å². The molecule has 0 bridgehead atoms. The molecule has 0 unspecified atom stereocenters. The number of nitrogens with zero attached hydrogens (tertiary/aromatic N) is 1. The lowest BCUT2D eigenvalue weighted by molar-refractivity contribution is 0.0779. The first-order valence-corrected chi connectivity index (χ1v) is 6.31. The topological polar surface area (TPSA) is 20.3 Å². The van der Waals surface area contributed by atoms with Crippen LogP contribution in [-0.4, -0.2) is 17.9 Å². The minimum absolute atomic E-state index is 0.0374. The van der Waals surface area contributed by atoms with E-state index in [0.717, 1.165) is 6.07 Å². The van der Waals surface area contributed by atoms with Crippen LogP contribution in [-0.2, 0) is 6.54 Å². The highest BCUT2D eigenvalue weighted by Crippen LogP contribution is 2.21. The number of hydrogen-bond acceptors (Lipinski definition) is 1. The predicted octanol–water partition coefficient (Wildman–Crippen LogP) is 3.89. The summed E-state index contributed by atoms with van der Waals surface area (Å²) in [6.07, 6.45) is 0. The Labute approximate surface area is 120 Å². The van der Waals surface area contributed by atoms with Gasteiger partial charge in [0.05, 0.1) is 10.6 Å². The van der Waals surface area contributed by atoms with Crippen molar-refractivity contribution in [3.63, 3.8) is 0 Å². The summed E-state index contributed by atoms with van der Waals surface area (Å²) in [6, 6.07) is 10.1. The molecule has 0 aromatic heterocycles. The molecule has 0 aliphatic rings. The number of rotatable bonds is 3. The minimum Gasteiger partial charge on any atom is -0.337 e. The highest BCUT2D eigenvalue weighted by Gasteiger charge is 2.20. The van der Waals surface area contributed by atoms with Gasteiger partial charge in [0.25, 0.3) is 5.91 Å². The van der Waals surface area contributed by atoms with E-state index in [1.54, 1.807) is 18.2 Å². The van der Waals surface area contributed by atoms with E-state index >= 15 is 0 Å². The number of carbonyl (C=O) groups excluding carboxylic acids is 1. The lowest BCUT2D eigenvalue weighted by atomic mass is 10.1. The molecule has 0 radical (unpaired) electrons. The average Bonchev–Trinajstić information content (AvgIpc) is 2.41. The second-order valence-electron chi connectivity index (χ2n) is 4.35. The molecule has 0 atom stereocenters. The molecule has 0 fully saturated rings. The first kappa shape index (κ1) is 14.5. The molecule has 104 valence electrons. The monoisotopic (exact) mass is 295 g/mol. The van der Waals surface area contributed by atoms with Crippen LogP contribution in [0.3, 0.4) is 0 Å². The second kappa shape index (κ2) is 6.01. The van der Waals surface area contributed by atoms with Crippen LogP contribution in [0.15, 0.2) is 42.5 Å². The highest BCUT2D eigenvalue weighted by molar-refractivity contribution is 6.33. The Morgan fingerprint density at radius 1 is 1.10 bits per heavy atom. The second-order valence-corrected chi connectivity index (χ2v) is 4.76. The molecule has 2 aromatic carbocycles. The van der Waals surface area contributed by atoms with E-state index in [1.165, 1.54) is 30.1 Å². The third kappa shape index (κ3) is 2.96. The number of benzene rings is 2. The van der Waals surface area contributed by atoms with E-state index < -0.39 is 17.5 Å². The van der Waals surface area contributed by atoms with Crippen molar-refractivity contribution in [3.8, 4) is 0 Å². The van der Waals surface area contributed by atoms with E-state index in [2.05, 4.69) is 0 Å². The maximum Gasteiger partial charge on any atom is 0.258 e. The van der Waals surface area contributed by atoms with Gasteiger partial charge in [-0.15, -0.1) is 0 Å². The van der Waals surface area contributed by atoms with Crippen LogP contribution in [0.5, 0.6) is 0 Å². The first-order valence-electron chi connectivity index (χ1n) is 5.93. The van der Waals surface area contributed by atoms with E-state index in [9.17, 15) is 13.6 Å². The maximum atomic E-state index is 13.7. The summed E-state index contributed by atoms with van der Waals surface area (Å²) in [7, 11) is 1.47.